The van der Waals surface area contributed by atoms with Crippen LogP contribution in [0.3, 0.4) is 0 Å². The van der Waals surface area contributed by atoms with E-state index >= 15 is 0 Å². The molecule has 5 nitrogen and oxygen atoms in total. The molecule has 0 amide bonds. The largest absolute Gasteiger partial charge is 0.340 e. The van der Waals surface area contributed by atoms with Gasteiger partial charge in [0, 0.05) is 5.69 Å². The fraction of sp³-hybridized carbons (Fsp3) is 0.105. The summed E-state index contributed by atoms with van der Waals surface area (Å²) in [5, 5.41) is 3.18. The first-order valence-electron chi connectivity index (χ1n) is 7.93. The molecule has 134 valence electrons. The number of benzene rings is 2. The standard InChI is InChI=1S/C19H18FN3O2S/c1-13-5-3-4-6-17(13)22-19-10-8-16(12-21-19)23-26(24,25)18-9-7-15(20)11-14(18)2/h3-12,23H,1-2H3,(H,21,22). The van der Waals surface area contributed by atoms with E-state index in [1.807, 2.05) is 31.2 Å². The number of rotatable bonds is 5. The Kier molecular flexibility index (Phi) is 4.90. The number of hydrogen-bond donors (Lipinski definition) is 2. The van der Waals surface area contributed by atoms with E-state index in [0.29, 0.717) is 17.1 Å². The highest BCUT2D eigenvalue weighted by atomic mass is 32.2. The van der Waals surface area contributed by atoms with E-state index in [9.17, 15) is 12.8 Å². The maximum atomic E-state index is 13.2. The van der Waals surface area contributed by atoms with E-state index in [1.54, 1.807) is 19.1 Å². The minimum Gasteiger partial charge on any atom is -0.340 e. The molecule has 0 radical (unpaired) electrons. The van der Waals surface area contributed by atoms with Gasteiger partial charge in [0.05, 0.1) is 16.8 Å². The normalized spacial score (nSPS) is 11.2. The summed E-state index contributed by atoms with van der Waals surface area (Å²) < 4.78 is 40.6. The minimum atomic E-state index is -3.82. The molecule has 2 aromatic carbocycles. The zero-order valence-corrected chi connectivity index (χ0v) is 15.1. The van der Waals surface area contributed by atoms with Gasteiger partial charge in [0.25, 0.3) is 10.0 Å². The number of aromatic nitrogens is 1. The van der Waals surface area contributed by atoms with Crippen LogP contribution < -0.4 is 10.0 Å². The molecule has 0 spiro atoms. The number of hydrogen-bond acceptors (Lipinski definition) is 4. The van der Waals surface area contributed by atoms with Crippen LogP contribution in [-0.2, 0) is 10.0 Å². The van der Waals surface area contributed by atoms with Gasteiger partial charge >= 0.3 is 0 Å². The van der Waals surface area contributed by atoms with E-state index in [1.165, 1.54) is 18.3 Å². The lowest BCUT2D eigenvalue weighted by Gasteiger charge is -2.12. The molecule has 0 bridgehead atoms. The maximum absolute atomic E-state index is 13.2. The summed E-state index contributed by atoms with van der Waals surface area (Å²) in [7, 11) is -3.82. The predicted molar refractivity (Wildman–Crippen MR) is 101 cm³/mol. The van der Waals surface area contributed by atoms with Gasteiger partial charge in [0.15, 0.2) is 0 Å². The van der Waals surface area contributed by atoms with Gasteiger partial charge in [-0.15, -0.1) is 0 Å². The van der Waals surface area contributed by atoms with E-state index in [4.69, 9.17) is 0 Å². The monoisotopic (exact) mass is 371 g/mol. The van der Waals surface area contributed by atoms with Crippen molar-refractivity contribution >= 4 is 27.2 Å². The molecule has 2 N–H and O–H groups in total. The van der Waals surface area contributed by atoms with Crippen LogP contribution in [0.15, 0.2) is 65.7 Å². The lowest BCUT2D eigenvalue weighted by molar-refractivity contribution is 0.598. The summed E-state index contributed by atoms with van der Waals surface area (Å²) in [6.07, 6.45) is 1.43. The summed E-state index contributed by atoms with van der Waals surface area (Å²) in [5.74, 6) is 0.120. The molecule has 0 unspecified atom stereocenters. The number of nitrogens with one attached hydrogen (secondary N) is 2. The second kappa shape index (κ2) is 7.13. The van der Waals surface area contributed by atoms with Crippen molar-refractivity contribution in [1.82, 2.24) is 4.98 Å². The SMILES string of the molecule is Cc1ccccc1Nc1ccc(NS(=O)(=O)c2ccc(F)cc2C)cn1. The van der Waals surface area contributed by atoms with Crippen LogP contribution in [-0.4, -0.2) is 13.4 Å². The molecule has 0 saturated carbocycles. The highest BCUT2D eigenvalue weighted by Gasteiger charge is 2.17. The quantitative estimate of drug-likeness (QED) is 0.698. The van der Waals surface area contributed by atoms with E-state index in [0.717, 1.165) is 17.3 Å². The lowest BCUT2D eigenvalue weighted by Crippen LogP contribution is -2.14. The molecule has 0 saturated heterocycles. The van der Waals surface area contributed by atoms with Crippen molar-refractivity contribution in [3.8, 4) is 0 Å². The molecule has 3 rings (SSSR count). The van der Waals surface area contributed by atoms with Crippen molar-refractivity contribution in [2.24, 2.45) is 0 Å². The van der Waals surface area contributed by atoms with Crippen molar-refractivity contribution in [2.45, 2.75) is 18.7 Å². The van der Waals surface area contributed by atoms with Gasteiger partial charge in [0.2, 0.25) is 0 Å². The Morgan fingerprint density at radius 2 is 1.73 bits per heavy atom. The average molecular weight is 371 g/mol. The van der Waals surface area contributed by atoms with Crippen LogP contribution in [0.4, 0.5) is 21.6 Å². The Morgan fingerprint density at radius 3 is 2.38 bits per heavy atom. The third-order valence-electron chi connectivity index (χ3n) is 3.85. The number of para-hydroxylation sites is 1. The van der Waals surface area contributed by atoms with Gasteiger partial charge in [-0.25, -0.2) is 17.8 Å². The fourth-order valence-corrected chi connectivity index (χ4v) is 3.77. The third kappa shape index (κ3) is 4.00. The smallest absolute Gasteiger partial charge is 0.262 e. The highest BCUT2D eigenvalue weighted by Crippen LogP contribution is 2.22. The molecule has 0 atom stereocenters. The molecular formula is C19H18FN3O2S. The Bertz CT molecular complexity index is 1030. The predicted octanol–water partition coefficient (Wildman–Crippen LogP) is 4.38. The van der Waals surface area contributed by atoms with Gasteiger partial charge in [0.1, 0.15) is 11.6 Å². The molecule has 26 heavy (non-hydrogen) atoms. The second-order valence-corrected chi connectivity index (χ2v) is 7.54. The zero-order chi connectivity index (χ0) is 18.7. The number of sulfonamides is 1. The minimum absolute atomic E-state index is 0.0287. The topological polar surface area (TPSA) is 71.1 Å². The van der Waals surface area contributed by atoms with Gasteiger partial charge in [-0.1, -0.05) is 18.2 Å². The van der Waals surface area contributed by atoms with Crippen LogP contribution in [0.1, 0.15) is 11.1 Å². The van der Waals surface area contributed by atoms with Gasteiger partial charge in [-0.2, -0.15) is 0 Å². The molecule has 0 aliphatic carbocycles. The van der Waals surface area contributed by atoms with Crippen molar-refractivity contribution < 1.29 is 12.8 Å². The van der Waals surface area contributed by atoms with Crippen molar-refractivity contribution in [2.75, 3.05) is 10.0 Å². The molecule has 7 heteroatoms. The Labute approximate surface area is 152 Å². The first-order chi connectivity index (χ1) is 12.3. The van der Waals surface area contributed by atoms with Crippen LogP contribution in [0.25, 0.3) is 0 Å². The molecule has 1 aromatic heterocycles. The number of anilines is 3. The number of nitrogens with zero attached hydrogens (tertiary/aromatic N) is 1. The Hall–Kier alpha value is -2.93. The summed E-state index contributed by atoms with van der Waals surface area (Å²) in [6.45, 7) is 3.53. The highest BCUT2D eigenvalue weighted by molar-refractivity contribution is 7.92. The average Bonchev–Trinajstić information content (AvgIpc) is 2.58. The van der Waals surface area contributed by atoms with Gasteiger partial charge < -0.3 is 5.32 Å². The number of pyridine rings is 1. The molecule has 0 aliphatic heterocycles. The Balaban J connectivity index is 1.77. The van der Waals surface area contributed by atoms with Crippen LogP contribution in [0.5, 0.6) is 0 Å². The van der Waals surface area contributed by atoms with Crippen molar-refractivity contribution in [3.05, 3.63) is 77.7 Å². The zero-order valence-electron chi connectivity index (χ0n) is 14.3. The van der Waals surface area contributed by atoms with Crippen molar-refractivity contribution in [1.29, 1.82) is 0 Å². The van der Waals surface area contributed by atoms with Crippen LogP contribution in [0, 0.1) is 19.7 Å². The van der Waals surface area contributed by atoms with E-state index in [-0.39, 0.29) is 4.90 Å². The molecular weight excluding hydrogens is 353 g/mol. The first kappa shape index (κ1) is 17.9. The third-order valence-corrected chi connectivity index (χ3v) is 5.39. The molecule has 1 heterocycles. The molecule has 3 aromatic rings. The summed E-state index contributed by atoms with van der Waals surface area (Å²) in [6, 6.07) is 14.6. The van der Waals surface area contributed by atoms with Crippen LogP contribution in [0.2, 0.25) is 0 Å². The van der Waals surface area contributed by atoms with Gasteiger partial charge in [-0.3, -0.25) is 4.72 Å². The maximum Gasteiger partial charge on any atom is 0.262 e. The van der Waals surface area contributed by atoms with E-state index < -0.39 is 15.8 Å². The van der Waals surface area contributed by atoms with Crippen LogP contribution >= 0.6 is 0 Å². The molecule has 0 fully saturated rings. The number of aryl methyl sites for hydroxylation is 2. The lowest BCUT2D eigenvalue weighted by atomic mass is 10.2. The summed E-state index contributed by atoms with van der Waals surface area (Å²) in [4.78, 5) is 4.26. The Morgan fingerprint density at radius 1 is 0.962 bits per heavy atom. The van der Waals surface area contributed by atoms with Gasteiger partial charge in [-0.05, 0) is 61.4 Å². The fourth-order valence-electron chi connectivity index (χ4n) is 2.50. The summed E-state index contributed by atoms with van der Waals surface area (Å²) >= 11 is 0. The van der Waals surface area contributed by atoms with Crippen molar-refractivity contribution in [3.63, 3.8) is 0 Å². The first-order valence-corrected chi connectivity index (χ1v) is 9.41. The molecule has 0 aliphatic rings. The number of halogens is 1. The second-order valence-electron chi connectivity index (χ2n) is 5.89. The summed E-state index contributed by atoms with van der Waals surface area (Å²) in [5.41, 5.74) is 2.66. The van der Waals surface area contributed by atoms with E-state index in [2.05, 4.69) is 15.0 Å².